The van der Waals surface area contributed by atoms with E-state index >= 15 is 0 Å². The smallest absolute Gasteiger partial charge is 0.243 e. The molecule has 0 aliphatic heterocycles. The van der Waals surface area contributed by atoms with Crippen molar-refractivity contribution in [1.29, 1.82) is 0 Å². The van der Waals surface area contributed by atoms with E-state index in [1.807, 2.05) is 0 Å². The van der Waals surface area contributed by atoms with E-state index in [0.717, 1.165) is 5.82 Å². The molecule has 1 fully saturated rings. The second-order valence-corrected chi connectivity index (χ2v) is 5.45. The van der Waals surface area contributed by atoms with Gasteiger partial charge >= 0.3 is 0 Å². The fourth-order valence-electron chi connectivity index (χ4n) is 2.37. The third-order valence-corrected chi connectivity index (χ3v) is 3.68. The van der Waals surface area contributed by atoms with Gasteiger partial charge in [0.1, 0.15) is 0 Å². The van der Waals surface area contributed by atoms with Gasteiger partial charge in [-0.15, -0.1) is 0 Å². The zero-order valence-electron chi connectivity index (χ0n) is 10.9. The average molecular weight is 237 g/mol. The summed E-state index contributed by atoms with van der Waals surface area (Å²) in [5.74, 6) is 2.28. The highest BCUT2D eigenvalue weighted by Gasteiger charge is 2.23. The Kier molecular flexibility index (Phi) is 4.15. The lowest BCUT2D eigenvalue weighted by molar-refractivity contribution is 0.320. The van der Waals surface area contributed by atoms with Crippen molar-refractivity contribution >= 4 is 0 Å². The molecule has 1 unspecified atom stereocenters. The first kappa shape index (κ1) is 12.6. The Morgan fingerprint density at radius 2 is 1.82 bits per heavy atom. The zero-order valence-corrected chi connectivity index (χ0v) is 10.9. The Labute approximate surface area is 103 Å². The molecule has 1 aliphatic rings. The molecule has 1 heterocycles. The largest absolute Gasteiger partial charge is 0.338 e. The van der Waals surface area contributed by atoms with Crippen molar-refractivity contribution in [2.75, 3.05) is 0 Å². The zero-order chi connectivity index (χ0) is 12.3. The van der Waals surface area contributed by atoms with E-state index < -0.39 is 0 Å². The van der Waals surface area contributed by atoms with Crippen LogP contribution in [0.5, 0.6) is 0 Å². The van der Waals surface area contributed by atoms with E-state index in [4.69, 9.17) is 10.3 Å². The summed E-state index contributed by atoms with van der Waals surface area (Å²) in [6, 6.07) is -0.137. The minimum atomic E-state index is -0.137. The van der Waals surface area contributed by atoms with Gasteiger partial charge in [0.2, 0.25) is 5.89 Å². The molecule has 1 atom stereocenters. The predicted molar refractivity (Wildman–Crippen MR) is 66.5 cm³/mol. The minimum Gasteiger partial charge on any atom is -0.338 e. The van der Waals surface area contributed by atoms with E-state index in [0.29, 0.717) is 17.7 Å². The van der Waals surface area contributed by atoms with Gasteiger partial charge in [-0.2, -0.15) is 4.98 Å². The quantitative estimate of drug-likeness (QED) is 0.820. The summed E-state index contributed by atoms with van der Waals surface area (Å²) in [5, 5.41) is 4.12. The van der Waals surface area contributed by atoms with Crippen LogP contribution in [-0.4, -0.2) is 10.1 Å². The van der Waals surface area contributed by atoms with Gasteiger partial charge in [-0.1, -0.05) is 44.7 Å². The molecule has 0 radical (unpaired) electrons. The molecular formula is C13H23N3O. The standard InChI is InChI=1S/C13H23N3O/c1-9(2)11(14)13-15-12(16-17-13)10-7-5-3-4-6-8-10/h9-11H,3-8,14H2,1-2H3. The van der Waals surface area contributed by atoms with Crippen LogP contribution >= 0.6 is 0 Å². The van der Waals surface area contributed by atoms with E-state index in [1.165, 1.54) is 38.5 Å². The SMILES string of the molecule is CC(C)C(N)c1nc(C2CCCCCC2)no1. The molecule has 17 heavy (non-hydrogen) atoms. The molecule has 0 bridgehead atoms. The minimum absolute atomic E-state index is 0.137. The van der Waals surface area contributed by atoms with Crippen molar-refractivity contribution in [3.05, 3.63) is 11.7 Å². The Balaban J connectivity index is 2.06. The Bertz CT molecular complexity index is 340. The maximum Gasteiger partial charge on any atom is 0.243 e. The summed E-state index contributed by atoms with van der Waals surface area (Å²) in [4.78, 5) is 4.49. The van der Waals surface area contributed by atoms with E-state index in [-0.39, 0.29) is 6.04 Å². The molecule has 2 N–H and O–H groups in total. The van der Waals surface area contributed by atoms with Crippen molar-refractivity contribution in [2.45, 2.75) is 64.3 Å². The Morgan fingerprint density at radius 1 is 1.18 bits per heavy atom. The van der Waals surface area contributed by atoms with Crippen LogP contribution in [0.4, 0.5) is 0 Å². The Hall–Kier alpha value is -0.900. The first-order valence-electron chi connectivity index (χ1n) is 6.77. The maximum absolute atomic E-state index is 6.02. The van der Waals surface area contributed by atoms with Gasteiger partial charge in [-0.25, -0.2) is 0 Å². The van der Waals surface area contributed by atoms with Gasteiger partial charge < -0.3 is 10.3 Å². The third-order valence-electron chi connectivity index (χ3n) is 3.68. The Morgan fingerprint density at radius 3 is 2.41 bits per heavy atom. The molecule has 0 aromatic carbocycles. The molecule has 4 heteroatoms. The molecule has 1 aromatic rings. The summed E-state index contributed by atoms with van der Waals surface area (Å²) in [6.07, 6.45) is 7.63. The van der Waals surface area contributed by atoms with Crippen LogP contribution in [0.15, 0.2) is 4.52 Å². The summed E-state index contributed by atoms with van der Waals surface area (Å²) >= 11 is 0. The van der Waals surface area contributed by atoms with Gasteiger partial charge in [0.25, 0.3) is 0 Å². The van der Waals surface area contributed by atoms with Crippen LogP contribution in [0.25, 0.3) is 0 Å². The molecule has 1 aromatic heterocycles. The van der Waals surface area contributed by atoms with Crippen molar-refractivity contribution in [3.63, 3.8) is 0 Å². The van der Waals surface area contributed by atoms with Gasteiger partial charge in [-0.05, 0) is 18.8 Å². The fourth-order valence-corrected chi connectivity index (χ4v) is 2.37. The molecular weight excluding hydrogens is 214 g/mol. The molecule has 2 rings (SSSR count). The molecule has 1 saturated carbocycles. The van der Waals surface area contributed by atoms with Crippen LogP contribution < -0.4 is 5.73 Å². The number of hydrogen-bond acceptors (Lipinski definition) is 4. The van der Waals surface area contributed by atoms with Crippen LogP contribution in [0.3, 0.4) is 0 Å². The van der Waals surface area contributed by atoms with Crippen molar-refractivity contribution < 1.29 is 4.52 Å². The van der Waals surface area contributed by atoms with Crippen LogP contribution in [0.1, 0.15) is 76.0 Å². The number of nitrogens with zero attached hydrogens (tertiary/aromatic N) is 2. The highest BCUT2D eigenvalue weighted by atomic mass is 16.5. The number of aromatic nitrogens is 2. The lowest BCUT2D eigenvalue weighted by Gasteiger charge is -2.10. The summed E-state index contributed by atoms with van der Waals surface area (Å²) < 4.78 is 5.30. The monoisotopic (exact) mass is 237 g/mol. The highest BCUT2D eigenvalue weighted by molar-refractivity contribution is 4.99. The summed E-state index contributed by atoms with van der Waals surface area (Å²) in [5.41, 5.74) is 6.02. The van der Waals surface area contributed by atoms with Crippen molar-refractivity contribution in [1.82, 2.24) is 10.1 Å². The second kappa shape index (κ2) is 5.63. The molecule has 0 amide bonds. The number of nitrogens with two attached hydrogens (primary N) is 1. The normalized spacial score (nSPS) is 20.5. The molecule has 1 aliphatic carbocycles. The summed E-state index contributed by atoms with van der Waals surface area (Å²) in [7, 11) is 0. The third kappa shape index (κ3) is 3.06. The topological polar surface area (TPSA) is 64.9 Å². The van der Waals surface area contributed by atoms with Crippen LogP contribution in [0.2, 0.25) is 0 Å². The molecule has 4 nitrogen and oxygen atoms in total. The van der Waals surface area contributed by atoms with Gasteiger partial charge in [0.05, 0.1) is 6.04 Å². The van der Waals surface area contributed by atoms with E-state index in [9.17, 15) is 0 Å². The van der Waals surface area contributed by atoms with E-state index in [2.05, 4.69) is 24.0 Å². The maximum atomic E-state index is 6.02. The molecule has 0 saturated heterocycles. The van der Waals surface area contributed by atoms with Crippen LogP contribution in [-0.2, 0) is 0 Å². The van der Waals surface area contributed by atoms with Gasteiger partial charge in [-0.3, -0.25) is 0 Å². The van der Waals surface area contributed by atoms with Crippen LogP contribution in [0, 0.1) is 5.92 Å². The first-order chi connectivity index (χ1) is 8.18. The highest BCUT2D eigenvalue weighted by Crippen LogP contribution is 2.30. The lowest BCUT2D eigenvalue weighted by atomic mass is 10.00. The lowest BCUT2D eigenvalue weighted by Crippen LogP contribution is -2.17. The van der Waals surface area contributed by atoms with Gasteiger partial charge in [0, 0.05) is 5.92 Å². The van der Waals surface area contributed by atoms with Crippen molar-refractivity contribution in [2.24, 2.45) is 11.7 Å². The number of rotatable bonds is 3. The summed E-state index contributed by atoms with van der Waals surface area (Å²) in [6.45, 7) is 4.14. The number of hydrogen-bond donors (Lipinski definition) is 1. The fraction of sp³-hybridized carbons (Fsp3) is 0.846. The predicted octanol–water partition coefficient (Wildman–Crippen LogP) is 3.16. The van der Waals surface area contributed by atoms with Gasteiger partial charge in [0.15, 0.2) is 5.82 Å². The van der Waals surface area contributed by atoms with Crippen molar-refractivity contribution in [3.8, 4) is 0 Å². The van der Waals surface area contributed by atoms with E-state index in [1.54, 1.807) is 0 Å². The average Bonchev–Trinajstić information content (AvgIpc) is 2.64. The molecule has 96 valence electrons. The molecule has 0 spiro atoms. The second-order valence-electron chi connectivity index (χ2n) is 5.45. The first-order valence-corrected chi connectivity index (χ1v) is 6.77.